The van der Waals surface area contributed by atoms with Crippen LogP contribution in [-0.2, 0) is 11.2 Å². The minimum Gasteiger partial charge on any atom is -0.496 e. The monoisotopic (exact) mass is 283 g/mol. The van der Waals surface area contributed by atoms with E-state index in [4.69, 9.17) is 10.5 Å². The Labute approximate surface area is 103 Å². The lowest BCUT2D eigenvalue weighted by Gasteiger charge is -2.11. The summed E-state index contributed by atoms with van der Waals surface area (Å²) in [6.07, 6.45) is 1.96. The van der Waals surface area contributed by atoms with Crippen LogP contribution in [0.4, 0.5) is 0 Å². The molecule has 16 heavy (non-hydrogen) atoms. The van der Waals surface area contributed by atoms with Gasteiger partial charge in [0.25, 0.3) is 0 Å². The van der Waals surface area contributed by atoms with E-state index in [9.17, 15) is 4.79 Å². The predicted molar refractivity (Wildman–Crippen MR) is 65.6 cm³/mol. The number of halogens is 1. The number of ether oxygens (including phenoxy) is 1. The fourth-order valence-electron chi connectivity index (χ4n) is 1.65. The second-order valence-electron chi connectivity index (χ2n) is 4.21. The zero-order valence-electron chi connectivity index (χ0n) is 9.13. The summed E-state index contributed by atoms with van der Waals surface area (Å²) in [5, 5.41) is 0. The normalized spacial score (nSPS) is 16.9. The van der Waals surface area contributed by atoms with Gasteiger partial charge in [0, 0.05) is 16.5 Å². The third-order valence-corrected chi connectivity index (χ3v) is 3.43. The van der Waals surface area contributed by atoms with Gasteiger partial charge in [0.15, 0.2) is 5.78 Å². The SMILES string of the molecule is COc1ccc(Br)cc1CC(=O)C1(N)CC1. The summed E-state index contributed by atoms with van der Waals surface area (Å²) in [5.74, 6) is 0.838. The maximum atomic E-state index is 11.9. The molecule has 2 rings (SSSR count). The standard InChI is InChI=1S/C12H14BrNO2/c1-16-10-3-2-9(13)6-8(10)7-11(15)12(14)4-5-12/h2-3,6H,4-5,7,14H2,1H3. The molecule has 0 bridgehead atoms. The lowest BCUT2D eigenvalue weighted by Crippen LogP contribution is -2.34. The lowest BCUT2D eigenvalue weighted by molar-refractivity contribution is -0.120. The van der Waals surface area contributed by atoms with Crippen molar-refractivity contribution in [2.45, 2.75) is 24.8 Å². The van der Waals surface area contributed by atoms with Gasteiger partial charge in [-0.2, -0.15) is 0 Å². The zero-order chi connectivity index (χ0) is 11.8. The summed E-state index contributed by atoms with van der Waals surface area (Å²) < 4.78 is 6.16. The fourth-order valence-corrected chi connectivity index (χ4v) is 2.06. The van der Waals surface area contributed by atoms with Crippen molar-refractivity contribution < 1.29 is 9.53 Å². The van der Waals surface area contributed by atoms with Crippen molar-refractivity contribution in [2.75, 3.05) is 7.11 Å². The average Bonchev–Trinajstić information content (AvgIpc) is 2.98. The van der Waals surface area contributed by atoms with Crippen molar-refractivity contribution in [3.05, 3.63) is 28.2 Å². The molecule has 3 nitrogen and oxygen atoms in total. The molecule has 4 heteroatoms. The molecule has 1 fully saturated rings. The van der Waals surface area contributed by atoms with Crippen molar-refractivity contribution in [3.8, 4) is 5.75 Å². The number of hydrogen-bond donors (Lipinski definition) is 1. The van der Waals surface area contributed by atoms with Crippen LogP contribution in [0.1, 0.15) is 18.4 Å². The van der Waals surface area contributed by atoms with Gasteiger partial charge in [-0.1, -0.05) is 15.9 Å². The van der Waals surface area contributed by atoms with Gasteiger partial charge in [-0.05, 0) is 31.0 Å². The van der Waals surface area contributed by atoms with Gasteiger partial charge in [0.1, 0.15) is 5.75 Å². The highest BCUT2D eigenvalue weighted by Crippen LogP contribution is 2.35. The quantitative estimate of drug-likeness (QED) is 0.920. The average molecular weight is 284 g/mol. The number of carbonyl (C=O) groups excluding carboxylic acids is 1. The van der Waals surface area contributed by atoms with Gasteiger partial charge in [-0.15, -0.1) is 0 Å². The maximum absolute atomic E-state index is 11.9. The number of rotatable bonds is 4. The first kappa shape index (κ1) is 11.6. The first-order chi connectivity index (χ1) is 7.55. The number of benzene rings is 1. The van der Waals surface area contributed by atoms with Gasteiger partial charge in [0.05, 0.1) is 12.6 Å². The summed E-state index contributed by atoms with van der Waals surface area (Å²) in [6.45, 7) is 0. The minimum atomic E-state index is -0.562. The van der Waals surface area contributed by atoms with Crippen LogP contribution in [0.3, 0.4) is 0 Å². The largest absolute Gasteiger partial charge is 0.496 e. The Morgan fingerprint density at radius 3 is 2.81 bits per heavy atom. The van der Waals surface area contributed by atoms with Crippen molar-refractivity contribution >= 4 is 21.7 Å². The molecule has 0 unspecified atom stereocenters. The van der Waals surface area contributed by atoms with Gasteiger partial charge < -0.3 is 10.5 Å². The predicted octanol–water partition coefficient (Wildman–Crippen LogP) is 2.06. The van der Waals surface area contributed by atoms with Crippen LogP contribution in [0, 0.1) is 0 Å². The Morgan fingerprint density at radius 1 is 1.56 bits per heavy atom. The minimum absolute atomic E-state index is 0.101. The van der Waals surface area contributed by atoms with E-state index in [0.29, 0.717) is 6.42 Å². The Morgan fingerprint density at radius 2 is 2.25 bits per heavy atom. The van der Waals surface area contributed by atoms with Crippen molar-refractivity contribution in [1.82, 2.24) is 0 Å². The number of carbonyl (C=O) groups is 1. The van der Waals surface area contributed by atoms with Crippen molar-refractivity contribution in [2.24, 2.45) is 5.73 Å². The summed E-state index contributed by atoms with van der Waals surface area (Å²) in [6, 6.07) is 5.65. The van der Waals surface area contributed by atoms with Crippen LogP contribution in [0.25, 0.3) is 0 Å². The van der Waals surface area contributed by atoms with Crippen LogP contribution in [0.5, 0.6) is 5.75 Å². The highest BCUT2D eigenvalue weighted by atomic mass is 79.9. The second kappa shape index (κ2) is 4.18. The second-order valence-corrected chi connectivity index (χ2v) is 5.13. The molecule has 0 atom stereocenters. The number of hydrogen-bond acceptors (Lipinski definition) is 3. The zero-order valence-corrected chi connectivity index (χ0v) is 10.7. The first-order valence-corrected chi connectivity index (χ1v) is 5.99. The van der Waals surface area contributed by atoms with Crippen LogP contribution < -0.4 is 10.5 Å². The van der Waals surface area contributed by atoms with E-state index in [0.717, 1.165) is 28.6 Å². The molecule has 1 aromatic rings. The molecule has 0 saturated heterocycles. The smallest absolute Gasteiger partial charge is 0.157 e. The number of ketones is 1. The summed E-state index contributed by atoms with van der Waals surface area (Å²) in [7, 11) is 1.60. The summed E-state index contributed by atoms with van der Waals surface area (Å²) >= 11 is 3.38. The Balaban J connectivity index is 2.19. The van der Waals surface area contributed by atoms with Gasteiger partial charge >= 0.3 is 0 Å². The molecule has 0 spiro atoms. The fraction of sp³-hybridized carbons (Fsp3) is 0.417. The summed E-state index contributed by atoms with van der Waals surface area (Å²) in [5.41, 5.74) is 6.19. The van der Waals surface area contributed by atoms with Crippen LogP contribution >= 0.6 is 15.9 Å². The first-order valence-electron chi connectivity index (χ1n) is 5.20. The molecular weight excluding hydrogens is 270 g/mol. The van der Waals surface area contributed by atoms with E-state index in [2.05, 4.69) is 15.9 Å². The van der Waals surface area contributed by atoms with Crippen molar-refractivity contribution in [3.63, 3.8) is 0 Å². The molecule has 0 radical (unpaired) electrons. The van der Waals surface area contributed by atoms with E-state index >= 15 is 0 Å². The van der Waals surface area contributed by atoms with Crippen LogP contribution in [0.15, 0.2) is 22.7 Å². The van der Waals surface area contributed by atoms with E-state index in [1.54, 1.807) is 7.11 Å². The molecule has 1 saturated carbocycles. The molecule has 0 heterocycles. The molecule has 86 valence electrons. The molecule has 0 aromatic heterocycles. The van der Waals surface area contributed by atoms with Crippen LogP contribution in [0.2, 0.25) is 0 Å². The summed E-state index contributed by atoms with van der Waals surface area (Å²) in [4.78, 5) is 11.9. The lowest BCUT2D eigenvalue weighted by atomic mass is 10.0. The Hall–Kier alpha value is -0.870. The van der Waals surface area contributed by atoms with E-state index in [1.165, 1.54) is 0 Å². The molecule has 0 aliphatic heterocycles. The van der Waals surface area contributed by atoms with Gasteiger partial charge in [-0.25, -0.2) is 0 Å². The molecule has 0 amide bonds. The molecule has 1 aliphatic carbocycles. The highest BCUT2D eigenvalue weighted by molar-refractivity contribution is 9.10. The maximum Gasteiger partial charge on any atom is 0.157 e. The van der Waals surface area contributed by atoms with E-state index in [-0.39, 0.29) is 5.78 Å². The number of nitrogens with two attached hydrogens (primary N) is 1. The Bertz CT molecular complexity index is 427. The van der Waals surface area contributed by atoms with Crippen LogP contribution in [-0.4, -0.2) is 18.4 Å². The Kier molecular flexibility index (Phi) is 3.04. The van der Waals surface area contributed by atoms with Crippen molar-refractivity contribution in [1.29, 1.82) is 0 Å². The van der Waals surface area contributed by atoms with Gasteiger partial charge in [0.2, 0.25) is 0 Å². The molecule has 2 N–H and O–H groups in total. The van der Waals surface area contributed by atoms with E-state index < -0.39 is 5.54 Å². The van der Waals surface area contributed by atoms with E-state index in [1.807, 2.05) is 18.2 Å². The molecule has 1 aliphatic rings. The molecule has 1 aromatic carbocycles. The molecular formula is C12H14BrNO2. The highest BCUT2D eigenvalue weighted by Gasteiger charge is 2.45. The number of Topliss-reactive ketones (excluding diaryl/α,β-unsaturated/α-hetero) is 1. The van der Waals surface area contributed by atoms with Gasteiger partial charge in [-0.3, -0.25) is 4.79 Å². The third kappa shape index (κ3) is 2.28. The topological polar surface area (TPSA) is 52.3 Å². The third-order valence-electron chi connectivity index (χ3n) is 2.94. The number of methoxy groups -OCH3 is 1.